The summed E-state index contributed by atoms with van der Waals surface area (Å²) in [7, 11) is 0. The Bertz CT molecular complexity index is 902. The second kappa shape index (κ2) is 8.90. The van der Waals surface area contributed by atoms with E-state index in [1.165, 1.54) is 22.4 Å². The van der Waals surface area contributed by atoms with Crippen LogP contribution in [-0.4, -0.2) is 35.8 Å². The van der Waals surface area contributed by atoms with Crippen molar-refractivity contribution in [2.24, 2.45) is 0 Å². The van der Waals surface area contributed by atoms with E-state index in [9.17, 15) is 4.79 Å². The fraction of sp³-hybridized carbons (Fsp3) is 0.440. The second-order valence-electron chi connectivity index (χ2n) is 9.11. The van der Waals surface area contributed by atoms with Crippen molar-refractivity contribution >= 4 is 17.9 Å². The van der Waals surface area contributed by atoms with Gasteiger partial charge in [-0.05, 0) is 53.0 Å². The van der Waals surface area contributed by atoms with E-state index in [2.05, 4.69) is 53.8 Å². The maximum absolute atomic E-state index is 12.1. The van der Waals surface area contributed by atoms with E-state index in [1.54, 1.807) is 0 Å². The number of aryl methyl sites for hydroxylation is 2. The number of aromatic nitrogens is 1. The predicted octanol–water partition coefficient (Wildman–Crippen LogP) is 5.50. The van der Waals surface area contributed by atoms with Crippen molar-refractivity contribution in [2.45, 2.75) is 59.1 Å². The van der Waals surface area contributed by atoms with Gasteiger partial charge in [-0.1, -0.05) is 42.0 Å². The summed E-state index contributed by atoms with van der Waals surface area (Å²) in [5.41, 5.74) is 6.48. The fourth-order valence-electron chi connectivity index (χ4n) is 4.04. The van der Waals surface area contributed by atoms with Crippen LogP contribution >= 0.6 is 0 Å². The van der Waals surface area contributed by atoms with E-state index in [1.807, 2.05) is 39.2 Å². The SMILES string of the molecule is C=Cc1cncc(-c2cc(C)cc(C)c2)c1N1CCC(NC(=O)OC(C)(C)C)CC1. The predicted molar refractivity (Wildman–Crippen MR) is 124 cm³/mol. The molecule has 5 heteroatoms. The molecule has 0 unspecified atom stereocenters. The zero-order valence-electron chi connectivity index (χ0n) is 18.8. The summed E-state index contributed by atoms with van der Waals surface area (Å²) in [6, 6.07) is 6.71. The molecule has 1 amide bonds. The van der Waals surface area contributed by atoms with E-state index in [4.69, 9.17) is 4.74 Å². The summed E-state index contributed by atoms with van der Waals surface area (Å²) in [4.78, 5) is 19.0. The third-order valence-electron chi connectivity index (χ3n) is 5.23. The third-order valence-corrected chi connectivity index (χ3v) is 5.23. The molecule has 1 aliphatic rings. The van der Waals surface area contributed by atoms with Crippen LogP contribution in [-0.2, 0) is 4.74 Å². The van der Waals surface area contributed by atoms with Crippen LogP contribution in [0.3, 0.4) is 0 Å². The average molecular weight is 408 g/mol. The number of hydrogen-bond acceptors (Lipinski definition) is 4. The average Bonchev–Trinajstić information content (AvgIpc) is 2.65. The van der Waals surface area contributed by atoms with Crippen molar-refractivity contribution in [1.29, 1.82) is 0 Å². The van der Waals surface area contributed by atoms with Crippen molar-refractivity contribution in [2.75, 3.05) is 18.0 Å². The Kier molecular flexibility index (Phi) is 6.49. The highest BCUT2D eigenvalue weighted by molar-refractivity contribution is 5.85. The molecule has 0 saturated carbocycles. The summed E-state index contributed by atoms with van der Waals surface area (Å²) in [5, 5.41) is 3.02. The summed E-state index contributed by atoms with van der Waals surface area (Å²) >= 11 is 0. The molecule has 160 valence electrons. The molecule has 1 aromatic carbocycles. The molecule has 5 nitrogen and oxygen atoms in total. The lowest BCUT2D eigenvalue weighted by Gasteiger charge is -2.36. The van der Waals surface area contributed by atoms with Gasteiger partial charge in [-0.25, -0.2) is 4.79 Å². The Hall–Kier alpha value is -2.82. The molecule has 0 atom stereocenters. The number of carbonyl (C=O) groups is 1. The number of hydrogen-bond donors (Lipinski definition) is 1. The number of amides is 1. The van der Waals surface area contributed by atoms with Gasteiger partial charge in [0, 0.05) is 42.7 Å². The molecule has 1 saturated heterocycles. The topological polar surface area (TPSA) is 54.5 Å². The molecule has 1 aromatic heterocycles. The number of anilines is 1. The number of rotatable bonds is 4. The van der Waals surface area contributed by atoms with Gasteiger partial charge in [-0.15, -0.1) is 0 Å². The lowest BCUT2D eigenvalue weighted by atomic mass is 9.96. The highest BCUT2D eigenvalue weighted by Gasteiger charge is 2.26. The molecule has 0 bridgehead atoms. The van der Waals surface area contributed by atoms with Crippen LogP contribution < -0.4 is 10.2 Å². The van der Waals surface area contributed by atoms with Gasteiger partial charge in [-0.2, -0.15) is 0 Å². The lowest BCUT2D eigenvalue weighted by Crippen LogP contribution is -2.46. The van der Waals surface area contributed by atoms with E-state index < -0.39 is 5.60 Å². The Balaban J connectivity index is 1.80. The minimum Gasteiger partial charge on any atom is -0.444 e. The van der Waals surface area contributed by atoms with Crippen molar-refractivity contribution in [3.63, 3.8) is 0 Å². The zero-order chi connectivity index (χ0) is 21.9. The maximum atomic E-state index is 12.1. The third kappa shape index (κ3) is 5.41. The molecule has 3 rings (SSSR count). The van der Waals surface area contributed by atoms with E-state index in [-0.39, 0.29) is 12.1 Å². The summed E-state index contributed by atoms with van der Waals surface area (Å²) < 4.78 is 5.40. The number of carbonyl (C=O) groups excluding carboxylic acids is 1. The van der Waals surface area contributed by atoms with E-state index in [0.29, 0.717) is 0 Å². The summed E-state index contributed by atoms with van der Waals surface area (Å²) in [5.74, 6) is 0. The highest BCUT2D eigenvalue weighted by Crippen LogP contribution is 2.36. The molecular formula is C25H33N3O2. The Morgan fingerprint density at radius 3 is 2.37 bits per heavy atom. The van der Waals surface area contributed by atoms with Crippen molar-refractivity contribution in [3.05, 3.63) is 53.9 Å². The number of alkyl carbamates (subject to hydrolysis) is 1. The standard InChI is InChI=1S/C25H33N3O2/c1-7-19-15-26-16-22(20-13-17(2)12-18(3)14-20)23(19)28-10-8-21(9-11-28)27-24(29)30-25(4,5)6/h7,12-16,21H,1,8-11H2,2-6H3,(H,27,29). The number of nitrogens with one attached hydrogen (secondary N) is 1. The van der Waals surface area contributed by atoms with Crippen molar-refractivity contribution in [1.82, 2.24) is 10.3 Å². The monoisotopic (exact) mass is 407 g/mol. The normalized spacial score (nSPS) is 15.0. The van der Waals surface area contributed by atoms with Gasteiger partial charge in [0.15, 0.2) is 0 Å². The van der Waals surface area contributed by atoms with Gasteiger partial charge in [0.25, 0.3) is 0 Å². The first-order chi connectivity index (χ1) is 14.2. The van der Waals surface area contributed by atoms with Gasteiger partial charge in [0.1, 0.15) is 5.60 Å². The number of piperidine rings is 1. The van der Waals surface area contributed by atoms with Crippen molar-refractivity contribution in [3.8, 4) is 11.1 Å². The molecule has 2 aromatic rings. The van der Waals surface area contributed by atoms with Crippen LogP contribution in [0.15, 0.2) is 37.2 Å². The molecule has 0 spiro atoms. The maximum Gasteiger partial charge on any atom is 0.407 e. The lowest BCUT2D eigenvalue weighted by molar-refractivity contribution is 0.0497. The summed E-state index contributed by atoms with van der Waals surface area (Å²) in [6.07, 6.45) is 7.09. The quantitative estimate of drug-likeness (QED) is 0.727. The van der Waals surface area contributed by atoms with Gasteiger partial charge in [0.2, 0.25) is 0 Å². The van der Waals surface area contributed by atoms with Gasteiger partial charge in [0.05, 0.1) is 5.69 Å². The largest absolute Gasteiger partial charge is 0.444 e. The summed E-state index contributed by atoms with van der Waals surface area (Å²) in [6.45, 7) is 15.6. The molecule has 2 heterocycles. The molecule has 1 N–H and O–H groups in total. The Morgan fingerprint density at radius 2 is 1.80 bits per heavy atom. The molecule has 1 aliphatic heterocycles. The Morgan fingerprint density at radius 1 is 1.17 bits per heavy atom. The van der Waals surface area contributed by atoms with Gasteiger partial charge >= 0.3 is 6.09 Å². The van der Waals surface area contributed by atoms with Crippen LogP contribution in [0.1, 0.15) is 50.3 Å². The van der Waals surface area contributed by atoms with Crippen LogP contribution in [0.4, 0.5) is 10.5 Å². The first kappa shape index (κ1) is 21.9. The number of benzene rings is 1. The van der Waals surface area contributed by atoms with Crippen LogP contribution in [0.2, 0.25) is 0 Å². The highest BCUT2D eigenvalue weighted by atomic mass is 16.6. The van der Waals surface area contributed by atoms with E-state index in [0.717, 1.165) is 37.1 Å². The minimum absolute atomic E-state index is 0.120. The molecule has 0 aliphatic carbocycles. The van der Waals surface area contributed by atoms with Crippen LogP contribution in [0, 0.1) is 13.8 Å². The molecule has 0 radical (unpaired) electrons. The number of ether oxygens (including phenoxy) is 1. The van der Waals surface area contributed by atoms with Crippen molar-refractivity contribution < 1.29 is 9.53 Å². The van der Waals surface area contributed by atoms with Crippen LogP contribution in [0.25, 0.3) is 17.2 Å². The number of nitrogens with zero attached hydrogens (tertiary/aromatic N) is 2. The number of pyridine rings is 1. The van der Waals surface area contributed by atoms with Gasteiger partial charge in [-0.3, -0.25) is 4.98 Å². The fourth-order valence-corrected chi connectivity index (χ4v) is 4.04. The smallest absolute Gasteiger partial charge is 0.407 e. The molecular weight excluding hydrogens is 374 g/mol. The first-order valence-electron chi connectivity index (χ1n) is 10.6. The second-order valence-corrected chi connectivity index (χ2v) is 9.11. The molecule has 30 heavy (non-hydrogen) atoms. The van der Waals surface area contributed by atoms with Crippen LogP contribution in [0.5, 0.6) is 0 Å². The Labute approximate surface area is 180 Å². The van der Waals surface area contributed by atoms with E-state index >= 15 is 0 Å². The molecule has 1 fully saturated rings. The minimum atomic E-state index is -0.485. The van der Waals surface area contributed by atoms with Gasteiger partial charge < -0.3 is 15.0 Å². The zero-order valence-corrected chi connectivity index (χ0v) is 18.8. The first-order valence-corrected chi connectivity index (χ1v) is 10.6.